The Hall–Kier alpha value is -1.52. The van der Waals surface area contributed by atoms with Gasteiger partial charge in [0, 0.05) is 13.1 Å². The summed E-state index contributed by atoms with van der Waals surface area (Å²) in [6.07, 6.45) is 1.44. The molecule has 0 aliphatic heterocycles. The molecule has 0 bridgehead atoms. The van der Waals surface area contributed by atoms with Crippen molar-refractivity contribution in [3.8, 4) is 5.75 Å². The molecule has 0 atom stereocenters. The van der Waals surface area contributed by atoms with Crippen molar-refractivity contribution in [1.29, 1.82) is 0 Å². The van der Waals surface area contributed by atoms with Gasteiger partial charge in [-0.3, -0.25) is 0 Å². The molecular formula is C9H16N4O. The van der Waals surface area contributed by atoms with E-state index in [0.717, 1.165) is 5.82 Å². The highest BCUT2D eigenvalue weighted by molar-refractivity contribution is 5.62. The van der Waals surface area contributed by atoms with Crippen LogP contribution in [0.1, 0.15) is 13.8 Å². The Balaban J connectivity index is 3.13. The fourth-order valence-electron chi connectivity index (χ4n) is 1.07. The molecule has 1 aromatic rings. The number of rotatable bonds is 3. The summed E-state index contributed by atoms with van der Waals surface area (Å²) < 4.78 is 5.16. The van der Waals surface area contributed by atoms with Gasteiger partial charge in [-0.15, -0.1) is 0 Å². The van der Waals surface area contributed by atoms with Crippen LogP contribution in [0.25, 0.3) is 0 Å². The molecule has 1 heterocycles. The predicted molar refractivity (Wildman–Crippen MR) is 56.5 cm³/mol. The highest BCUT2D eigenvalue weighted by Crippen LogP contribution is 2.29. The van der Waals surface area contributed by atoms with E-state index in [1.165, 1.54) is 6.33 Å². The molecule has 2 N–H and O–H groups in total. The number of hydrogen-bond donors (Lipinski definition) is 1. The third-order valence-corrected chi connectivity index (χ3v) is 2.13. The van der Waals surface area contributed by atoms with Crippen LogP contribution in [-0.2, 0) is 0 Å². The number of methoxy groups -OCH3 is 1. The van der Waals surface area contributed by atoms with Crippen LogP contribution in [0.4, 0.5) is 11.6 Å². The Labute approximate surface area is 83.9 Å². The van der Waals surface area contributed by atoms with Crippen molar-refractivity contribution in [2.75, 3.05) is 24.8 Å². The van der Waals surface area contributed by atoms with Crippen LogP contribution in [0.2, 0.25) is 0 Å². The Morgan fingerprint density at radius 2 is 2.07 bits per heavy atom. The maximum absolute atomic E-state index is 5.67. The molecule has 5 nitrogen and oxygen atoms in total. The number of nitrogen functional groups attached to an aromatic ring is 1. The van der Waals surface area contributed by atoms with Crippen LogP contribution >= 0.6 is 0 Å². The van der Waals surface area contributed by atoms with Crippen molar-refractivity contribution in [3.63, 3.8) is 0 Å². The minimum absolute atomic E-state index is 0.332. The number of nitrogens with two attached hydrogens (primary N) is 1. The molecule has 0 fully saturated rings. The zero-order chi connectivity index (χ0) is 10.7. The molecule has 14 heavy (non-hydrogen) atoms. The van der Waals surface area contributed by atoms with Crippen LogP contribution in [0.3, 0.4) is 0 Å². The SMILES string of the molecule is COc1c(N)ncnc1N(C)C(C)C. The lowest BCUT2D eigenvalue weighted by Gasteiger charge is -2.24. The molecule has 0 spiro atoms. The van der Waals surface area contributed by atoms with Crippen molar-refractivity contribution in [2.45, 2.75) is 19.9 Å². The molecule has 0 amide bonds. The fourth-order valence-corrected chi connectivity index (χ4v) is 1.07. The summed E-state index contributed by atoms with van der Waals surface area (Å²) in [5, 5.41) is 0. The summed E-state index contributed by atoms with van der Waals surface area (Å²) in [6.45, 7) is 4.13. The molecule has 0 aliphatic carbocycles. The van der Waals surface area contributed by atoms with E-state index < -0.39 is 0 Å². The van der Waals surface area contributed by atoms with Gasteiger partial charge in [0.1, 0.15) is 6.33 Å². The normalized spacial score (nSPS) is 10.4. The molecular weight excluding hydrogens is 180 g/mol. The van der Waals surface area contributed by atoms with Crippen LogP contribution < -0.4 is 15.4 Å². The second kappa shape index (κ2) is 4.13. The summed E-state index contributed by atoms with van der Waals surface area (Å²) in [5.41, 5.74) is 5.67. The summed E-state index contributed by atoms with van der Waals surface area (Å²) in [7, 11) is 3.50. The van der Waals surface area contributed by atoms with Gasteiger partial charge in [0.05, 0.1) is 7.11 Å². The molecule has 0 aliphatic rings. The largest absolute Gasteiger partial charge is 0.490 e. The Morgan fingerprint density at radius 1 is 1.43 bits per heavy atom. The highest BCUT2D eigenvalue weighted by atomic mass is 16.5. The number of aromatic nitrogens is 2. The molecule has 0 radical (unpaired) electrons. The topological polar surface area (TPSA) is 64.3 Å². The van der Waals surface area contributed by atoms with Gasteiger partial charge in [0.15, 0.2) is 11.6 Å². The van der Waals surface area contributed by atoms with Crippen molar-refractivity contribution in [1.82, 2.24) is 9.97 Å². The predicted octanol–water partition coefficient (Wildman–Crippen LogP) is 0.912. The Morgan fingerprint density at radius 3 is 2.57 bits per heavy atom. The van der Waals surface area contributed by atoms with Crippen molar-refractivity contribution in [2.24, 2.45) is 0 Å². The lowest BCUT2D eigenvalue weighted by Crippen LogP contribution is -2.27. The van der Waals surface area contributed by atoms with Gasteiger partial charge in [-0.1, -0.05) is 0 Å². The average molecular weight is 196 g/mol. The number of anilines is 2. The van der Waals surface area contributed by atoms with Crippen LogP contribution in [-0.4, -0.2) is 30.2 Å². The smallest absolute Gasteiger partial charge is 0.204 e. The molecule has 5 heteroatoms. The van der Waals surface area contributed by atoms with Crippen LogP contribution in [0.15, 0.2) is 6.33 Å². The van der Waals surface area contributed by atoms with Crippen LogP contribution in [0, 0.1) is 0 Å². The van der Waals surface area contributed by atoms with Crippen molar-refractivity contribution >= 4 is 11.6 Å². The highest BCUT2D eigenvalue weighted by Gasteiger charge is 2.15. The Bertz CT molecular complexity index is 314. The monoisotopic (exact) mass is 196 g/mol. The third kappa shape index (κ3) is 1.86. The molecule has 0 saturated carbocycles. The first-order valence-corrected chi connectivity index (χ1v) is 4.45. The maximum Gasteiger partial charge on any atom is 0.204 e. The fraction of sp³-hybridized carbons (Fsp3) is 0.556. The average Bonchev–Trinajstić information content (AvgIpc) is 2.16. The van der Waals surface area contributed by atoms with E-state index in [2.05, 4.69) is 23.8 Å². The van der Waals surface area contributed by atoms with E-state index in [1.54, 1.807) is 7.11 Å². The molecule has 0 saturated heterocycles. The van der Waals surface area contributed by atoms with E-state index in [4.69, 9.17) is 10.5 Å². The minimum atomic E-state index is 0.332. The second-order valence-electron chi connectivity index (χ2n) is 3.32. The quantitative estimate of drug-likeness (QED) is 0.778. The Kier molecular flexibility index (Phi) is 3.11. The second-order valence-corrected chi connectivity index (χ2v) is 3.32. The van der Waals surface area contributed by atoms with E-state index >= 15 is 0 Å². The first-order chi connectivity index (χ1) is 6.57. The minimum Gasteiger partial charge on any atom is -0.490 e. The first-order valence-electron chi connectivity index (χ1n) is 4.45. The lowest BCUT2D eigenvalue weighted by atomic mass is 10.3. The molecule has 1 rings (SSSR count). The number of hydrogen-bond acceptors (Lipinski definition) is 5. The third-order valence-electron chi connectivity index (χ3n) is 2.13. The lowest BCUT2D eigenvalue weighted by molar-refractivity contribution is 0.412. The van der Waals surface area contributed by atoms with Gasteiger partial charge in [-0.2, -0.15) is 0 Å². The number of nitrogens with zero attached hydrogens (tertiary/aromatic N) is 3. The zero-order valence-corrected chi connectivity index (χ0v) is 8.98. The summed E-state index contributed by atoms with van der Waals surface area (Å²) in [5.74, 6) is 1.61. The van der Waals surface area contributed by atoms with Gasteiger partial charge in [-0.25, -0.2) is 9.97 Å². The molecule has 1 aromatic heterocycles. The van der Waals surface area contributed by atoms with Gasteiger partial charge < -0.3 is 15.4 Å². The van der Waals surface area contributed by atoms with Crippen LogP contribution in [0.5, 0.6) is 5.75 Å². The van der Waals surface area contributed by atoms with E-state index in [9.17, 15) is 0 Å². The van der Waals surface area contributed by atoms with Gasteiger partial charge in [0.25, 0.3) is 0 Å². The van der Waals surface area contributed by atoms with Crippen molar-refractivity contribution < 1.29 is 4.74 Å². The molecule has 0 unspecified atom stereocenters. The summed E-state index contributed by atoms with van der Waals surface area (Å²) in [6, 6.07) is 0.332. The van der Waals surface area contributed by atoms with Gasteiger partial charge in [0.2, 0.25) is 5.75 Å². The van der Waals surface area contributed by atoms with Gasteiger partial charge >= 0.3 is 0 Å². The maximum atomic E-state index is 5.67. The van der Waals surface area contributed by atoms with Crippen molar-refractivity contribution in [3.05, 3.63) is 6.33 Å². The van der Waals surface area contributed by atoms with Gasteiger partial charge in [-0.05, 0) is 13.8 Å². The zero-order valence-electron chi connectivity index (χ0n) is 8.98. The summed E-state index contributed by atoms with van der Waals surface area (Å²) in [4.78, 5) is 9.99. The first kappa shape index (κ1) is 10.6. The van der Waals surface area contributed by atoms with E-state index in [1.807, 2.05) is 11.9 Å². The number of ether oxygens (including phenoxy) is 1. The van der Waals surface area contributed by atoms with E-state index in [0.29, 0.717) is 17.6 Å². The standard InChI is InChI=1S/C9H16N4O/c1-6(2)13(3)9-7(14-4)8(10)11-5-12-9/h5-6H,1-4H3,(H2,10,11,12). The molecule has 0 aromatic carbocycles. The summed E-state index contributed by atoms with van der Waals surface area (Å²) >= 11 is 0. The van der Waals surface area contributed by atoms with E-state index in [-0.39, 0.29) is 0 Å². The molecule has 78 valence electrons.